The molecule has 0 radical (unpaired) electrons. The summed E-state index contributed by atoms with van der Waals surface area (Å²) in [5, 5.41) is 0. The highest BCUT2D eigenvalue weighted by Gasteiger charge is 2.20. The van der Waals surface area contributed by atoms with E-state index in [0.717, 1.165) is 23.0 Å². The molecule has 1 amide bonds. The molecule has 1 heterocycles. The maximum Gasteiger partial charge on any atom is 0.338 e. The molecule has 6 heteroatoms. The van der Waals surface area contributed by atoms with Crippen LogP contribution in [0.3, 0.4) is 0 Å². The molecule has 134 valence electrons. The van der Waals surface area contributed by atoms with Gasteiger partial charge in [-0.15, -0.1) is 0 Å². The number of likely N-dealkylation sites (tertiary alicyclic amines) is 1. The van der Waals surface area contributed by atoms with E-state index in [0.29, 0.717) is 24.1 Å². The van der Waals surface area contributed by atoms with E-state index in [9.17, 15) is 14.4 Å². The van der Waals surface area contributed by atoms with Crippen molar-refractivity contribution in [2.24, 2.45) is 0 Å². The van der Waals surface area contributed by atoms with Gasteiger partial charge in [0.2, 0.25) is 5.91 Å². The van der Waals surface area contributed by atoms with Crippen LogP contribution in [0, 0.1) is 0 Å². The number of ketones is 1. The van der Waals surface area contributed by atoms with Gasteiger partial charge in [-0.25, -0.2) is 4.79 Å². The van der Waals surface area contributed by atoms with E-state index in [2.05, 4.69) is 15.9 Å². The molecule has 1 fully saturated rings. The molecule has 1 saturated heterocycles. The third kappa shape index (κ3) is 4.58. The molecule has 0 aliphatic carbocycles. The van der Waals surface area contributed by atoms with Gasteiger partial charge in [0.15, 0.2) is 12.4 Å². The molecule has 1 aliphatic heterocycles. The Bertz CT molecular complexity index is 832. The molecule has 2 aromatic rings. The minimum atomic E-state index is -0.544. The summed E-state index contributed by atoms with van der Waals surface area (Å²) in [7, 11) is 0. The fraction of sp³-hybridized carbons (Fsp3) is 0.250. The lowest BCUT2D eigenvalue weighted by Gasteiger charge is -2.15. The summed E-state index contributed by atoms with van der Waals surface area (Å²) in [6.45, 7) is 1.02. The predicted octanol–water partition coefficient (Wildman–Crippen LogP) is 3.61. The van der Waals surface area contributed by atoms with Gasteiger partial charge in [-0.3, -0.25) is 9.59 Å². The van der Waals surface area contributed by atoms with Gasteiger partial charge >= 0.3 is 5.97 Å². The van der Waals surface area contributed by atoms with E-state index in [-0.39, 0.29) is 18.3 Å². The summed E-state index contributed by atoms with van der Waals surface area (Å²) in [4.78, 5) is 37.6. The largest absolute Gasteiger partial charge is 0.454 e. The summed E-state index contributed by atoms with van der Waals surface area (Å²) in [6, 6.07) is 13.9. The number of hydrogen-bond acceptors (Lipinski definition) is 4. The second kappa shape index (κ2) is 8.27. The molecule has 0 bridgehead atoms. The van der Waals surface area contributed by atoms with E-state index in [1.165, 1.54) is 0 Å². The molecule has 0 saturated carbocycles. The molecule has 0 spiro atoms. The second-order valence-corrected chi connectivity index (χ2v) is 7.04. The zero-order valence-electron chi connectivity index (χ0n) is 14.1. The number of rotatable bonds is 6. The molecule has 0 unspecified atom stereocenters. The van der Waals surface area contributed by atoms with Crippen molar-refractivity contribution >= 4 is 33.6 Å². The number of benzene rings is 2. The van der Waals surface area contributed by atoms with Crippen molar-refractivity contribution in [1.29, 1.82) is 0 Å². The van der Waals surface area contributed by atoms with E-state index in [4.69, 9.17) is 4.74 Å². The van der Waals surface area contributed by atoms with Crippen molar-refractivity contribution in [3.05, 3.63) is 69.7 Å². The molecule has 26 heavy (non-hydrogen) atoms. The highest BCUT2D eigenvalue weighted by atomic mass is 79.9. The van der Waals surface area contributed by atoms with Crippen LogP contribution in [0.4, 0.5) is 0 Å². The van der Waals surface area contributed by atoms with E-state index < -0.39 is 5.97 Å². The Morgan fingerprint density at radius 3 is 2.50 bits per heavy atom. The first-order chi connectivity index (χ1) is 12.5. The summed E-state index contributed by atoms with van der Waals surface area (Å²) >= 11 is 3.30. The quantitative estimate of drug-likeness (QED) is 0.533. The third-order valence-corrected chi connectivity index (χ3v) is 4.71. The van der Waals surface area contributed by atoms with Crippen molar-refractivity contribution in [3.63, 3.8) is 0 Å². The SMILES string of the molecule is O=C(COC(=O)c1ccc(CN2CCCC2=O)cc1)c1cccc(Br)c1. The predicted molar refractivity (Wildman–Crippen MR) is 99.8 cm³/mol. The van der Waals surface area contributed by atoms with E-state index in [1.807, 2.05) is 11.0 Å². The van der Waals surface area contributed by atoms with Gasteiger partial charge in [-0.2, -0.15) is 0 Å². The van der Waals surface area contributed by atoms with Crippen molar-refractivity contribution in [1.82, 2.24) is 4.90 Å². The first-order valence-electron chi connectivity index (χ1n) is 8.35. The highest BCUT2D eigenvalue weighted by Crippen LogP contribution is 2.16. The number of esters is 1. The van der Waals surface area contributed by atoms with Crippen LogP contribution in [0.2, 0.25) is 0 Å². The fourth-order valence-electron chi connectivity index (χ4n) is 2.80. The summed E-state index contributed by atoms with van der Waals surface area (Å²) in [5.41, 5.74) is 1.82. The van der Waals surface area contributed by atoms with Gasteiger partial charge in [0.25, 0.3) is 0 Å². The van der Waals surface area contributed by atoms with Gasteiger partial charge < -0.3 is 9.64 Å². The molecular formula is C20H18BrNO4. The van der Waals surface area contributed by atoms with E-state index in [1.54, 1.807) is 42.5 Å². The smallest absolute Gasteiger partial charge is 0.338 e. The molecule has 1 aliphatic rings. The van der Waals surface area contributed by atoms with Crippen LogP contribution in [0.25, 0.3) is 0 Å². The van der Waals surface area contributed by atoms with Gasteiger partial charge in [0.05, 0.1) is 5.56 Å². The standard InChI is InChI=1S/C20H18BrNO4/c21-17-4-1-3-16(11-17)18(23)13-26-20(25)15-8-6-14(7-9-15)12-22-10-2-5-19(22)24/h1,3-4,6-9,11H,2,5,10,12-13H2. The van der Waals surface area contributed by atoms with Crippen molar-refractivity contribution < 1.29 is 19.1 Å². The molecule has 0 atom stereocenters. The number of nitrogens with zero attached hydrogens (tertiary/aromatic N) is 1. The topological polar surface area (TPSA) is 63.7 Å². The number of ether oxygens (including phenoxy) is 1. The van der Waals surface area contributed by atoms with Crippen molar-refractivity contribution in [3.8, 4) is 0 Å². The minimum absolute atomic E-state index is 0.166. The zero-order valence-corrected chi connectivity index (χ0v) is 15.7. The molecule has 0 aromatic heterocycles. The molecule has 5 nitrogen and oxygen atoms in total. The van der Waals surface area contributed by atoms with Crippen LogP contribution in [-0.4, -0.2) is 35.7 Å². The lowest BCUT2D eigenvalue weighted by atomic mass is 10.1. The Kier molecular flexibility index (Phi) is 5.83. The van der Waals surface area contributed by atoms with Gasteiger partial charge in [0.1, 0.15) is 0 Å². The molecule has 0 N–H and O–H groups in total. The molecular weight excluding hydrogens is 398 g/mol. The average molecular weight is 416 g/mol. The van der Waals surface area contributed by atoms with Crippen LogP contribution >= 0.6 is 15.9 Å². The van der Waals surface area contributed by atoms with Crippen LogP contribution in [-0.2, 0) is 16.1 Å². The molecule has 3 rings (SSSR count). The van der Waals surface area contributed by atoms with Crippen molar-refractivity contribution in [2.45, 2.75) is 19.4 Å². The average Bonchev–Trinajstić information content (AvgIpc) is 3.04. The normalized spacial score (nSPS) is 13.7. The Hall–Kier alpha value is -2.47. The zero-order chi connectivity index (χ0) is 18.5. The highest BCUT2D eigenvalue weighted by molar-refractivity contribution is 9.10. The summed E-state index contributed by atoms with van der Waals surface area (Å²) in [6.07, 6.45) is 1.51. The van der Waals surface area contributed by atoms with Gasteiger partial charge in [-0.05, 0) is 36.2 Å². The van der Waals surface area contributed by atoms with Gasteiger partial charge in [-0.1, -0.05) is 40.2 Å². The Labute approximate surface area is 160 Å². The minimum Gasteiger partial charge on any atom is -0.454 e. The van der Waals surface area contributed by atoms with E-state index >= 15 is 0 Å². The van der Waals surface area contributed by atoms with Crippen LogP contribution < -0.4 is 0 Å². The lowest BCUT2D eigenvalue weighted by molar-refractivity contribution is -0.128. The number of amides is 1. The maximum atomic E-state index is 12.1. The van der Waals surface area contributed by atoms with Crippen LogP contribution in [0.15, 0.2) is 53.0 Å². The van der Waals surface area contributed by atoms with Gasteiger partial charge in [0, 0.05) is 29.5 Å². The first-order valence-corrected chi connectivity index (χ1v) is 9.15. The van der Waals surface area contributed by atoms with Crippen LogP contribution in [0.5, 0.6) is 0 Å². The molecule has 2 aromatic carbocycles. The lowest BCUT2D eigenvalue weighted by Crippen LogP contribution is -2.23. The third-order valence-electron chi connectivity index (χ3n) is 4.22. The Morgan fingerprint density at radius 2 is 1.85 bits per heavy atom. The second-order valence-electron chi connectivity index (χ2n) is 6.13. The number of Topliss-reactive ketones (excluding diaryl/α,β-unsaturated/α-hetero) is 1. The van der Waals surface area contributed by atoms with Crippen molar-refractivity contribution in [2.75, 3.05) is 13.2 Å². The number of hydrogen-bond donors (Lipinski definition) is 0. The fourth-order valence-corrected chi connectivity index (χ4v) is 3.20. The Morgan fingerprint density at radius 1 is 1.08 bits per heavy atom. The number of carbonyl (C=O) groups excluding carboxylic acids is 3. The number of carbonyl (C=O) groups is 3. The first kappa shape index (κ1) is 18.3. The number of halogens is 1. The maximum absolute atomic E-state index is 12.1. The monoisotopic (exact) mass is 415 g/mol. The summed E-state index contributed by atoms with van der Waals surface area (Å²) in [5.74, 6) is -0.638. The van der Waals surface area contributed by atoms with Crippen LogP contribution in [0.1, 0.15) is 39.1 Å². The Balaban J connectivity index is 1.54. The summed E-state index contributed by atoms with van der Waals surface area (Å²) < 4.78 is 5.90.